The molecule has 100 valence electrons. The minimum absolute atomic E-state index is 0.216. The Balaban J connectivity index is 2.13. The summed E-state index contributed by atoms with van der Waals surface area (Å²) in [7, 11) is 0. The van der Waals surface area contributed by atoms with E-state index in [1.54, 1.807) is 0 Å². The molecule has 1 aliphatic rings. The van der Waals surface area contributed by atoms with Gasteiger partial charge in [0.1, 0.15) is 0 Å². The maximum Gasteiger partial charge on any atom is 0.320 e. The fourth-order valence-corrected chi connectivity index (χ4v) is 2.36. The Kier molecular flexibility index (Phi) is 2.87. The van der Waals surface area contributed by atoms with Gasteiger partial charge in [-0.2, -0.15) is 0 Å². The first kappa shape index (κ1) is 12.2. The largest absolute Gasteiger partial charge is 0.543 e. The molecule has 1 atom stereocenters. The lowest BCUT2D eigenvalue weighted by Crippen LogP contribution is -2.46. The fourth-order valence-electron chi connectivity index (χ4n) is 2.36. The molecule has 2 aromatic carbocycles. The second kappa shape index (κ2) is 4.70. The van der Waals surface area contributed by atoms with E-state index < -0.39 is 18.0 Å². The highest BCUT2D eigenvalue weighted by molar-refractivity contribution is 5.94. The number of benzene rings is 2. The Labute approximate surface area is 114 Å². The average molecular weight is 267 g/mol. The molecule has 2 amide bonds. The van der Waals surface area contributed by atoms with Gasteiger partial charge in [-0.3, -0.25) is 0 Å². The predicted octanol–water partition coefficient (Wildman–Crippen LogP) is 0.827. The monoisotopic (exact) mass is 267 g/mol. The Bertz CT molecular complexity index is 731. The molecule has 1 heterocycles. The Morgan fingerprint density at radius 3 is 2.65 bits per heavy atom. The zero-order chi connectivity index (χ0) is 14.1. The van der Waals surface area contributed by atoms with E-state index in [0.717, 1.165) is 16.3 Å². The summed E-state index contributed by atoms with van der Waals surface area (Å²) < 4.78 is 0. The van der Waals surface area contributed by atoms with Crippen molar-refractivity contribution in [2.75, 3.05) is 0 Å². The molecule has 0 unspecified atom stereocenters. The number of hydrogen-bond acceptors (Lipinski definition) is 3. The van der Waals surface area contributed by atoms with Crippen LogP contribution in [0.3, 0.4) is 0 Å². The predicted molar refractivity (Wildman–Crippen MR) is 71.4 cm³/mol. The number of carbonyl (C=O) groups is 2. The van der Waals surface area contributed by atoms with Gasteiger partial charge in [0.2, 0.25) is 0 Å². The third-order valence-electron chi connectivity index (χ3n) is 3.25. The van der Waals surface area contributed by atoms with Crippen molar-refractivity contribution in [2.45, 2.75) is 6.04 Å². The summed E-state index contributed by atoms with van der Waals surface area (Å²) >= 11 is 0. The van der Waals surface area contributed by atoms with Crippen LogP contribution in [0.5, 0.6) is 0 Å². The maximum atomic E-state index is 11.5. The number of hydrogen-bond donors (Lipinski definition) is 2. The van der Waals surface area contributed by atoms with Crippen LogP contribution in [0.1, 0.15) is 11.6 Å². The van der Waals surface area contributed by atoms with E-state index in [4.69, 9.17) is 0 Å². The Morgan fingerprint density at radius 2 is 1.85 bits per heavy atom. The first-order chi connectivity index (χ1) is 9.65. The summed E-state index contributed by atoms with van der Waals surface area (Å²) in [4.78, 5) is 22.5. The van der Waals surface area contributed by atoms with Gasteiger partial charge in [0.25, 0.3) is 0 Å². The maximum absolute atomic E-state index is 11.5. The van der Waals surface area contributed by atoms with E-state index in [2.05, 4.69) is 10.6 Å². The molecule has 0 fully saturated rings. The minimum Gasteiger partial charge on any atom is -0.543 e. The molecule has 2 N–H and O–H groups in total. The van der Waals surface area contributed by atoms with Gasteiger partial charge in [-0.05, 0) is 22.4 Å². The highest BCUT2D eigenvalue weighted by atomic mass is 16.4. The summed E-state index contributed by atoms with van der Waals surface area (Å²) in [5.41, 5.74) is 0.628. The number of rotatable bonds is 2. The molecule has 0 saturated carbocycles. The number of carboxylic acid groups (broad SMARTS) is 1. The van der Waals surface area contributed by atoms with Crippen LogP contribution >= 0.6 is 0 Å². The molecule has 0 radical (unpaired) electrons. The van der Waals surface area contributed by atoms with E-state index in [-0.39, 0.29) is 5.70 Å². The van der Waals surface area contributed by atoms with Crippen LogP contribution < -0.4 is 15.7 Å². The number of fused-ring (bicyclic) bond motifs is 1. The fraction of sp³-hybridized carbons (Fsp3) is 0.0667. The van der Waals surface area contributed by atoms with Crippen molar-refractivity contribution in [3.63, 3.8) is 0 Å². The summed E-state index contributed by atoms with van der Waals surface area (Å²) in [5, 5.41) is 17.8. The lowest BCUT2D eigenvalue weighted by atomic mass is 9.97. The van der Waals surface area contributed by atoms with Gasteiger partial charge in [-0.25, -0.2) is 4.79 Å². The van der Waals surface area contributed by atoms with E-state index in [1.807, 2.05) is 42.5 Å². The lowest BCUT2D eigenvalue weighted by molar-refractivity contribution is -0.299. The lowest BCUT2D eigenvalue weighted by Gasteiger charge is -2.25. The second-order valence-corrected chi connectivity index (χ2v) is 4.51. The quantitative estimate of drug-likeness (QED) is 0.845. The molecule has 5 nitrogen and oxygen atoms in total. The first-order valence-corrected chi connectivity index (χ1v) is 6.13. The summed E-state index contributed by atoms with van der Waals surface area (Å²) in [6.45, 7) is 0. The van der Waals surface area contributed by atoms with Crippen LogP contribution in [0.2, 0.25) is 0 Å². The number of urea groups is 1. The molecular formula is C15H11N2O3-. The van der Waals surface area contributed by atoms with Crippen molar-refractivity contribution >= 4 is 22.8 Å². The molecule has 5 heteroatoms. The van der Waals surface area contributed by atoms with E-state index >= 15 is 0 Å². The van der Waals surface area contributed by atoms with Crippen LogP contribution in [-0.2, 0) is 4.79 Å². The van der Waals surface area contributed by atoms with Gasteiger partial charge >= 0.3 is 6.03 Å². The van der Waals surface area contributed by atoms with Gasteiger partial charge in [-0.15, -0.1) is 0 Å². The van der Waals surface area contributed by atoms with Crippen LogP contribution in [0.4, 0.5) is 4.79 Å². The number of amides is 2. The van der Waals surface area contributed by atoms with Crippen molar-refractivity contribution in [2.24, 2.45) is 0 Å². The standard InChI is InChI=1S/C15H12N2O3/c18-14(19)13-8-12(16-15(20)17-13)11-7-3-5-9-4-1-2-6-10(9)11/h1-8,12H,(H,18,19)(H2,16,17,20)/p-1/t12-/m1/s1. The van der Waals surface area contributed by atoms with Crippen molar-refractivity contribution in [3.05, 3.63) is 59.8 Å². The highest BCUT2D eigenvalue weighted by Gasteiger charge is 2.21. The summed E-state index contributed by atoms with van der Waals surface area (Å²) in [6.07, 6.45) is 1.44. The topological polar surface area (TPSA) is 81.3 Å². The molecule has 0 bridgehead atoms. The number of nitrogens with one attached hydrogen (secondary N) is 2. The smallest absolute Gasteiger partial charge is 0.320 e. The molecule has 0 spiro atoms. The molecule has 0 aliphatic carbocycles. The van der Waals surface area contributed by atoms with Gasteiger partial charge in [0.15, 0.2) is 0 Å². The molecule has 0 aromatic heterocycles. The normalized spacial score (nSPS) is 18.1. The Hall–Kier alpha value is -2.82. The van der Waals surface area contributed by atoms with Crippen LogP contribution in [0, 0.1) is 0 Å². The average Bonchev–Trinajstić information content (AvgIpc) is 2.46. The molecular weight excluding hydrogens is 256 g/mol. The molecule has 1 aliphatic heterocycles. The van der Waals surface area contributed by atoms with Crippen LogP contribution in [-0.4, -0.2) is 12.0 Å². The minimum atomic E-state index is -1.40. The van der Waals surface area contributed by atoms with E-state index in [1.165, 1.54) is 6.08 Å². The zero-order valence-electron chi connectivity index (χ0n) is 10.4. The summed E-state index contributed by atoms with van der Waals surface area (Å²) in [5.74, 6) is -1.40. The molecule has 3 rings (SSSR count). The zero-order valence-corrected chi connectivity index (χ0v) is 10.4. The first-order valence-electron chi connectivity index (χ1n) is 6.13. The van der Waals surface area contributed by atoms with Crippen molar-refractivity contribution in [3.8, 4) is 0 Å². The van der Waals surface area contributed by atoms with Gasteiger partial charge in [-0.1, -0.05) is 42.5 Å². The Morgan fingerprint density at radius 1 is 1.10 bits per heavy atom. The summed E-state index contributed by atoms with van der Waals surface area (Å²) in [6, 6.07) is 12.4. The van der Waals surface area contributed by atoms with Crippen LogP contribution in [0.25, 0.3) is 10.8 Å². The van der Waals surface area contributed by atoms with Gasteiger partial charge in [0.05, 0.1) is 17.7 Å². The third-order valence-corrected chi connectivity index (χ3v) is 3.25. The molecule has 20 heavy (non-hydrogen) atoms. The number of aliphatic carboxylic acids is 1. The SMILES string of the molecule is O=C1NC(C(=O)[O-])=C[C@H](c2cccc3ccccc23)N1. The highest BCUT2D eigenvalue weighted by Crippen LogP contribution is 2.26. The van der Waals surface area contributed by atoms with Crippen molar-refractivity contribution in [1.82, 2.24) is 10.6 Å². The van der Waals surface area contributed by atoms with Gasteiger partial charge < -0.3 is 20.5 Å². The third kappa shape index (κ3) is 2.09. The van der Waals surface area contributed by atoms with E-state index in [0.29, 0.717) is 0 Å². The van der Waals surface area contributed by atoms with Crippen LogP contribution in [0.15, 0.2) is 54.2 Å². The number of carbonyl (C=O) groups excluding carboxylic acids is 2. The van der Waals surface area contributed by atoms with Crippen molar-refractivity contribution < 1.29 is 14.7 Å². The number of carboxylic acids is 1. The van der Waals surface area contributed by atoms with Crippen molar-refractivity contribution in [1.29, 1.82) is 0 Å². The molecule has 0 saturated heterocycles. The van der Waals surface area contributed by atoms with Gasteiger partial charge in [0, 0.05) is 0 Å². The van der Waals surface area contributed by atoms with E-state index in [9.17, 15) is 14.7 Å². The molecule has 2 aromatic rings. The second-order valence-electron chi connectivity index (χ2n) is 4.51.